The monoisotopic (exact) mass is 688 g/mol. The van der Waals surface area contributed by atoms with Gasteiger partial charge in [0.2, 0.25) is 0 Å². The first kappa shape index (κ1) is 32.9. The number of hydrogen-bond acceptors (Lipinski definition) is 0. The minimum absolute atomic E-state index is 0. The maximum Gasteiger partial charge on any atom is -0.147 e. The molecule has 2 unspecified atom stereocenters. The number of halogens is 2. The molecule has 0 amide bonds. The molecular formula is C38H44Cl2SiZr. The van der Waals surface area contributed by atoms with Crippen LogP contribution in [0.4, 0.5) is 0 Å². The summed E-state index contributed by atoms with van der Waals surface area (Å²) in [7, 11) is 0. The molecule has 218 valence electrons. The Morgan fingerprint density at radius 3 is 1.98 bits per heavy atom. The number of hydrogen-bond donors (Lipinski definition) is 0. The summed E-state index contributed by atoms with van der Waals surface area (Å²) in [6, 6.07) is 31.8. The summed E-state index contributed by atoms with van der Waals surface area (Å²) >= 11 is -3.63. The Morgan fingerprint density at radius 2 is 1.31 bits per heavy atom. The summed E-state index contributed by atoms with van der Waals surface area (Å²) < 4.78 is 6.58. The Balaban J connectivity index is 0.00000202. The van der Waals surface area contributed by atoms with E-state index < -0.39 is 17.4 Å². The van der Waals surface area contributed by atoms with Crippen LogP contribution in [-0.2, 0) is 17.4 Å². The van der Waals surface area contributed by atoms with Crippen LogP contribution in [0.15, 0.2) is 96.1 Å². The Labute approximate surface area is 268 Å². The maximum atomic E-state index is 2.76. The molecule has 0 bridgehead atoms. The van der Waals surface area contributed by atoms with Crippen LogP contribution in [0.2, 0.25) is 9.26 Å². The molecule has 6 rings (SSSR count). The summed E-state index contributed by atoms with van der Waals surface area (Å²) in [5, 5.41) is 0. The molecule has 0 radical (unpaired) electrons. The zero-order valence-electron chi connectivity index (χ0n) is 26.0. The molecule has 2 aliphatic rings. The van der Waals surface area contributed by atoms with E-state index in [1.807, 2.05) is 0 Å². The summed E-state index contributed by atoms with van der Waals surface area (Å²) in [5.41, 5.74) is 17.5. The van der Waals surface area contributed by atoms with Gasteiger partial charge < -0.3 is 0 Å². The third-order valence-corrected chi connectivity index (χ3v) is 27.3. The van der Waals surface area contributed by atoms with Crippen molar-refractivity contribution >= 4 is 43.8 Å². The van der Waals surface area contributed by atoms with Crippen molar-refractivity contribution in [2.45, 2.75) is 51.1 Å². The van der Waals surface area contributed by atoms with E-state index in [1.54, 1.807) is 22.3 Å². The molecule has 4 aromatic carbocycles. The minimum Gasteiger partial charge on any atom is -0.147 e. The zero-order chi connectivity index (χ0) is 28.4. The molecule has 0 saturated heterocycles. The number of allylic oxidation sites excluding steroid dienone is 2. The first-order valence-electron chi connectivity index (χ1n) is 14.8. The van der Waals surface area contributed by atoms with Gasteiger partial charge in [0.15, 0.2) is 0 Å². The Morgan fingerprint density at radius 1 is 0.667 bits per heavy atom. The molecule has 0 saturated carbocycles. The van der Waals surface area contributed by atoms with Gasteiger partial charge >= 0.3 is 245 Å². The van der Waals surface area contributed by atoms with Crippen LogP contribution in [0, 0.1) is 19.8 Å². The molecule has 0 spiro atoms. The SMILES string of the molecule is CC1=Cc2c(-c3ccccc3)ccc(C)c2[CH]1[Zr]([CH3])([CH3])(=[SiH2])[CH]1C(C(C)C)=Cc2c(-c3cccc(C)c3)cccc21.Cl.Cl. The molecular weight excluding hydrogens is 647 g/mol. The second-order valence-corrected chi connectivity index (χ2v) is 44.3. The molecule has 2 atom stereocenters. The second-order valence-electron chi connectivity index (χ2n) is 13.8. The first-order valence-corrected chi connectivity index (χ1v) is 28.5. The molecule has 0 aliphatic heterocycles. The summed E-state index contributed by atoms with van der Waals surface area (Å²) in [4.78, 5) is 0. The largest absolute Gasteiger partial charge is 0.147 e. The Hall–Kier alpha value is -1.96. The Kier molecular flexibility index (Phi) is 9.30. The molecule has 0 N–H and O–H groups in total. The second kappa shape index (κ2) is 11.9. The quantitative estimate of drug-likeness (QED) is 0.183. The van der Waals surface area contributed by atoms with Crippen molar-refractivity contribution in [3.05, 3.63) is 129 Å². The van der Waals surface area contributed by atoms with Crippen molar-refractivity contribution in [3.63, 3.8) is 0 Å². The van der Waals surface area contributed by atoms with Crippen molar-refractivity contribution in [2.24, 2.45) is 5.92 Å². The first-order chi connectivity index (χ1) is 19.0. The minimum atomic E-state index is -3.63. The summed E-state index contributed by atoms with van der Waals surface area (Å²) in [5.74, 6) is 0.516. The van der Waals surface area contributed by atoms with Crippen molar-refractivity contribution in [3.8, 4) is 22.3 Å². The van der Waals surface area contributed by atoms with Gasteiger partial charge in [-0.1, -0.05) is 0 Å². The zero-order valence-corrected chi connectivity index (χ0v) is 31.5. The number of benzene rings is 4. The van der Waals surface area contributed by atoms with Gasteiger partial charge in [-0.15, -0.1) is 24.8 Å². The van der Waals surface area contributed by atoms with Crippen LogP contribution in [0.25, 0.3) is 34.4 Å². The number of fused-ring (bicyclic) bond motifs is 2. The molecule has 0 aromatic heterocycles. The van der Waals surface area contributed by atoms with Gasteiger partial charge in [0.05, 0.1) is 0 Å². The van der Waals surface area contributed by atoms with Gasteiger partial charge in [-0.05, 0) is 0 Å². The van der Waals surface area contributed by atoms with Crippen molar-refractivity contribution < 1.29 is 17.4 Å². The van der Waals surface area contributed by atoms with E-state index in [4.69, 9.17) is 0 Å². The smallest absolute Gasteiger partial charge is 0.147 e. The van der Waals surface area contributed by atoms with E-state index >= 15 is 0 Å². The Bertz CT molecular complexity index is 1790. The van der Waals surface area contributed by atoms with Gasteiger partial charge in [-0.25, -0.2) is 0 Å². The normalized spacial score (nSPS) is 17.5. The van der Waals surface area contributed by atoms with Gasteiger partial charge in [0.25, 0.3) is 0 Å². The van der Waals surface area contributed by atoms with Crippen LogP contribution in [0.3, 0.4) is 0 Å². The average molecular weight is 691 g/mol. The van der Waals surface area contributed by atoms with Crippen LogP contribution >= 0.6 is 24.8 Å². The van der Waals surface area contributed by atoms with E-state index in [-0.39, 0.29) is 24.8 Å². The molecule has 0 heterocycles. The predicted octanol–water partition coefficient (Wildman–Crippen LogP) is 11.1. The molecule has 0 nitrogen and oxygen atoms in total. The average Bonchev–Trinajstić information content (AvgIpc) is 3.49. The van der Waals surface area contributed by atoms with Crippen LogP contribution in [0.1, 0.15) is 61.4 Å². The number of rotatable bonds is 5. The van der Waals surface area contributed by atoms with Gasteiger partial charge in [-0.2, -0.15) is 0 Å². The van der Waals surface area contributed by atoms with E-state index in [1.165, 1.54) is 44.5 Å². The fraction of sp³-hybridized carbons (Fsp3) is 0.263. The van der Waals surface area contributed by atoms with Crippen LogP contribution in [-0.4, -0.2) is 6.88 Å². The molecule has 0 fully saturated rings. The maximum absolute atomic E-state index is 3.63. The van der Waals surface area contributed by atoms with Crippen LogP contribution in [0.5, 0.6) is 0 Å². The van der Waals surface area contributed by atoms with E-state index in [0.29, 0.717) is 13.2 Å². The predicted molar refractivity (Wildman–Crippen MR) is 190 cm³/mol. The molecule has 2 aliphatic carbocycles. The van der Waals surface area contributed by atoms with Crippen molar-refractivity contribution in [1.29, 1.82) is 0 Å². The van der Waals surface area contributed by atoms with Gasteiger partial charge in [0.1, 0.15) is 0 Å². The fourth-order valence-electron chi connectivity index (χ4n) is 8.13. The van der Waals surface area contributed by atoms with Gasteiger partial charge in [-0.3, -0.25) is 0 Å². The van der Waals surface area contributed by atoms with Gasteiger partial charge in [0, 0.05) is 0 Å². The summed E-state index contributed by atoms with van der Waals surface area (Å²) in [6.45, 7) is 14.2. The standard InChI is InChI=1S/C19H19.C17H15.2CH3.2ClH.H2Si.Zr/c1-13(2)17-11-16-8-5-9-18(19(16)12-17)15-7-4-6-14(3)10-15;1-12-10-16-13(2)8-9-15(17(16)11-12)14-6-4-3-5-7-14;;;;;;/h4-13H,1-3H3;3-11H,1-2H3;2*1H3;2*1H;1H2;. The number of aryl methyl sites for hydroxylation is 2. The van der Waals surface area contributed by atoms with Crippen molar-refractivity contribution in [1.82, 2.24) is 0 Å². The molecule has 4 aromatic rings. The summed E-state index contributed by atoms with van der Waals surface area (Å²) in [6.07, 6.45) is 5.14. The third kappa shape index (κ3) is 5.32. The molecule has 4 heteroatoms. The van der Waals surface area contributed by atoms with Crippen molar-refractivity contribution in [2.75, 3.05) is 0 Å². The van der Waals surface area contributed by atoms with E-state index in [0.717, 1.165) is 0 Å². The van der Waals surface area contributed by atoms with E-state index in [9.17, 15) is 0 Å². The molecule has 42 heavy (non-hydrogen) atoms. The van der Waals surface area contributed by atoms with E-state index in [2.05, 4.69) is 148 Å². The van der Waals surface area contributed by atoms with Crippen LogP contribution < -0.4 is 0 Å². The third-order valence-electron chi connectivity index (χ3n) is 9.69. The fourth-order valence-corrected chi connectivity index (χ4v) is 28.8. The topological polar surface area (TPSA) is 0 Å².